The predicted octanol–water partition coefficient (Wildman–Crippen LogP) is -6.47. The molecule has 0 rings (SSSR count). The number of hydrogen-bond acceptors (Lipinski definition) is 0. The largest absolute Gasteiger partial charge is 0.729 e. The van der Waals surface area contributed by atoms with E-state index in [1.165, 1.54) is 7.06 Å². The van der Waals surface area contributed by atoms with Crippen molar-refractivity contribution in [3.05, 3.63) is 0 Å². The molecular weight excluding hydrogens is 184 g/mol. The van der Waals surface area contributed by atoms with Gasteiger partial charge >= 0.3 is 0 Å². The third-order valence-corrected chi connectivity index (χ3v) is 2.89. The minimum Gasteiger partial charge on any atom is -0.729 e. The Hall–Kier alpha value is 1.10. The second-order valence-electron chi connectivity index (χ2n) is 4.23. The average Bonchev–Trinajstić information content (AvgIpc) is 2.15. The highest BCUT2D eigenvalue weighted by Crippen LogP contribution is 2.01. The van der Waals surface area contributed by atoms with E-state index in [1.54, 1.807) is 0 Å². The summed E-state index contributed by atoms with van der Waals surface area (Å²) < 4.78 is 0. The van der Waals surface area contributed by atoms with Crippen LogP contribution in [0.5, 0.6) is 0 Å². The fourth-order valence-electron chi connectivity index (χ4n) is 2.05. The molecule has 0 fully saturated rings. The van der Waals surface area contributed by atoms with E-state index < -0.39 is 44.7 Å². The topological polar surface area (TPSA) is 0 Å². The first kappa shape index (κ1) is 18.1. The van der Waals surface area contributed by atoms with E-state index in [-0.39, 0.29) is 0 Å². The Morgan fingerprint density at radius 2 is 1.06 bits per heavy atom. The smallest absolute Gasteiger partial charge is 0.0000000368 e. The fraction of sp³-hybridized carbons (Fsp3) is 0. The van der Waals surface area contributed by atoms with Gasteiger partial charge in [0.25, 0.3) is 0 Å². The Balaban J connectivity index is 5.16. The molecule has 0 N–H and O–H groups in total. The van der Waals surface area contributed by atoms with Crippen molar-refractivity contribution < 1.29 is 0 Å². The van der Waals surface area contributed by atoms with Crippen LogP contribution in [0.3, 0.4) is 0 Å². The molecule has 0 aromatic rings. The molecule has 17 heteroatoms. The van der Waals surface area contributed by atoms with Crippen molar-refractivity contribution in [1.29, 1.82) is 0 Å². The summed E-state index contributed by atoms with van der Waals surface area (Å²) in [4.78, 5) is 0. The third kappa shape index (κ3) is 5.31. The van der Waals surface area contributed by atoms with Gasteiger partial charge in [0.15, 0.2) is 0 Å². The van der Waals surface area contributed by atoms with Gasteiger partial charge in [-0.1, -0.05) is 0 Å². The second kappa shape index (κ2) is 8.31. The minimum absolute atomic E-state index is 0.482. The Morgan fingerprint density at radius 3 is 1.24 bits per heavy atom. The van der Waals surface area contributed by atoms with E-state index in [0.717, 1.165) is 0 Å². The summed E-state index contributed by atoms with van der Waals surface area (Å²) in [6.45, 7) is 0. The van der Waals surface area contributed by atoms with Gasteiger partial charge in [0.1, 0.15) is 0 Å². The van der Waals surface area contributed by atoms with Crippen LogP contribution in [0.1, 0.15) is 0 Å². The van der Waals surface area contributed by atoms with Gasteiger partial charge in [-0.15, -0.1) is 6.39 Å². The normalized spacial score (nSPS) is 9.12. The third-order valence-electron chi connectivity index (χ3n) is 2.89. The molecule has 0 aliphatic heterocycles. The van der Waals surface area contributed by atoms with Crippen LogP contribution in [0, 0.1) is 0 Å². The van der Waals surface area contributed by atoms with Crippen LogP contribution in [-0.4, -0.2) is 121 Å². The summed E-state index contributed by atoms with van der Waals surface area (Å²) in [6, 6.07) is 0. The van der Waals surface area contributed by atoms with Crippen molar-refractivity contribution >= 4 is 121 Å². The standard InChI is InChI=1S/B17/c1-10-15(11(2)3)17(14(8)9)16(12(4)5)13(6)7/q-3. The molecule has 22 radical (unpaired) electrons. The molecule has 0 spiro atoms. The Morgan fingerprint density at radius 1 is 0.706 bits per heavy atom. The monoisotopic (exact) mass is 187 g/mol. The lowest BCUT2D eigenvalue weighted by Gasteiger charge is -2.53. The maximum atomic E-state index is 5.70. The van der Waals surface area contributed by atoms with E-state index in [9.17, 15) is 0 Å². The van der Waals surface area contributed by atoms with E-state index in [1.807, 2.05) is 0 Å². The Bertz CT molecular complexity index is 180. The lowest BCUT2D eigenvalue weighted by Crippen LogP contribution is -2.76. The van der Waals surface area contributed by atoms with Crippen LogP contribution in [0.2, 0.25) is 0 Å². The SMILES string of the molecule is [B]B([B])B(B([B])[B])B(B([B])[B])B([B][B-])B([B-])[B-]. The van der Waals surface area contributed by atoms with Crippen molar-refractivity contribution in [2.75, 3.05) is 0 Å². The first-order valence-electron chi connectivity index (χ1n) is 5.33. The van der Waals surface area contributed by atoms with E-state index in [2.05, 4.69) is 0 Å². The molecule has 0 unspecified atom stereocenters. The van der Waals surface area contributed by atoms with Gasteiger partial charge in [-0.25, -0.2) is 0 Å². The number of rotatable bonds is 7. The van der Waals surface area contributed by atoms with Crippen LogP contribution in [0.15, 0.2) is 0 Å². The molecule has 54 valence electrons. The van der Waals surface area contributed by atoms with Gasteiger partial charge in [-0.05, 0) is 78.3 Å². The molecule has 0 heterocycles. The van der Waals surface area contributed by atoms with Gasteiger partial charge in [-0.2, -0.15) is 0 Å². The average molecular weight is 184 g/mol. The van der Waals surface area contributed by atoms with Crippen LogP contribution >= 0.6 is 0 Å². The minimum atomic E-state index is -0.796. The predicted molar refractivity (Wildman–Crippen MR) is 97.8 cm³/mol. The molecule has 17 heavy (non-hydrogen) atoms. The maximum absolute atomic E-state index is 5.70. The molecule has 0 aliphatic rings. The lowest BCUT2D eigenvalue weighted by atomic mass is 8.43. The van der Waals surface area contributed by atoms with E-state index in [0.29, 0.717) is 0 Å². The molecular formula is B17-3. The van der Waals surface area contributed by atoms with Gasteiger partial charge in [-0.3, -0.25) is 7.06 Å². The summed E-state index contributed by atoms with van der Waals surface area (Å²) in [7, 11) is 52.0. The lowest BCUT2D eigenvalue weighted by molar-refractivity contribution is 3.37. The molecule has 0 nitrogen and oxygen atoms in total. The molecule has 0 aliphatic carbocycles. The summed E-state index contributed by atoms with van der Waals surface area (Å²) in [5, 5.41) is 0. The highest BCUT2D eigenvalue weighted by atomic mass is 13.2. The van der Waals surface area contributed by atoms with Gasteiger partial charge in [0, 0.05) is 0 Å². The zero-order valence-electron chi connectivity index (χ0n) is 9.81. The molecule has 0 aromatic heterocycles. The van der Waals surface area contributed by atoms with Crippen molar-refractivity contribution in [2.24, 2.45) is 0 Å². The first-order valence-corrected chi connectivity index (χ1v) is 5.33. The molecule has 0 saturated heterocycles. The zero-order valence-corrected chi connectivity index (χ0v) is 9.81. The van der Waals surface area contributed by atoms with Crippen molar-refractivity contribution in [1.82, 2.24) is 0 Å². The van der Waals surface area contributed by atoms with Crippen molar-refractivity contribution in [3.63, 3.8) is 0 Å². The molecule has 0 atom stereocenters. The van der Waals surface area contributed by atoms with Gasteiger partial charge in [0.2, 0.25) is 0 Å². The summed E-state index contributed by atoms with van der Waals surface area (Å²) >= 11 is 0. The fourth-order valence-corrected chi connectivity index (χ4v) is 2.05. The summed E-state index contributed by atoms with van der Waals surface area (Å²) in [5.41, 5.74) is 0. The van der Waals surface area contributed by atoms with Crippen molar-refractivity contribution in [2.45, 2.75) is 0 Å². The molecule has 0 saturated carbocycles. The maximum Gasteiger partial charge on any atom is -0.0000000368 e. The summed E-state index contributed by atoms with van der Waals surface area (Å²) in [5.74, 6) is 0. The van der Waals surface area contributed by atoms with Crippen LogP contribution < -0.4 is 0 Å². The highest BCUT2D eigenvalue weighted by Gasteiger charge is 2.34. The highest BCUT2D eigenvalue weighted by molar-refractivity contribution is 8.15. The van der Waals surface area contributed by atoms with Crippen molar-refractivity contribution in [3.8, 4) is 0 Å². The first-order chi connectivity index (χ1) is 7.73. The Kier molecular flexibility index (Phi) is 8.85. The quantitative estimate of drug-likeness (QED) is 0.345. The van der Waals surface area contributed by atoms with Crippen LogP contribution in [0.25, 0.3) is 0 Å². The van der Waals surface area contributed by atoms with E-state index >= 15 is 0 Å². The van der Waals surface area contributed by atoms with E-state index in [4.69, 9.17) is 69.6 Å². The second-order valence-corrected chi connectivity index (χ2v) is 4.23. The molecule has 0 amide bonds. The van der Waals surface area contributed by atoms with Crippen LogP contribution in [-0.2, 0) is 0 Å². The Labute approximate surface area is 121 Å². The van der Waals surface area contributed by atoms with Gasteiger partial charge in [0.05, 0.1) is 0 Å². The molecule has 0 bridgehead atoms. The van der Waals surface area contributed by atoms with Gasteiger partial charge < -0.3 is 29.6 Å². The van der Waals surface area contributed by atoms with Crippen LogP contribution in [0.4, 0.5) is 0 Å². The molecule has 0 aromatic carbocycles. The zero-order chi connectivity index (χ0) is 13.7. The summed E-state index contributed by atoms with van der Waals surface area (Å²) in [6.07, 6.45) is -4.66. The number of hydrogen-bond donors (Lipinski definition) is 0.